The van der Waals surface area contributed by atoms with Gasteiger partial charge in [-0.1, -0.05) is 37.8 Å². The smallest absolute Gasteiger partial charge is 0.196 e. The van der Waals surface area contributed by atoms with E-state index in [-0.39, 0.29) is 24.5 Å². The van der Waals surface area contributed by atoms with Crippen molar-refractivity contribution in [3.63, 3.8) is 0 Å². The molecule has 2 rings (SSSR count). The second kappa shape index (κ2) is 5.87. The van der Waals surface area contributed by atoms with E-state index in [2.05, 4.69) is 0 Å². The molecule has 3 heteroatoms. The highest BCUT2D eigenvalue weighted by atomic mass is 16.5. The molecule has 0 heterocycles. The Morgan fingerprint density at radius 3 is 2.33 bits per heavy atom. The van der Waals surface area contributed by atoms with Crippen molar-refractivity contribution >= 4 is 5.78 Å². The largest absolute Gasteiger partial charge is 0.507 e. The van der Waals surface area contributed by atoms with E-state index in [0.29, 0.717) is 11.3 Å². The highest BCUT2D eigenvalue weighted by Crippen LogP contribution is 2.25. The van der Waals surface area contributed by atoms with Gasteiger partial charge in [-0.2, -0.15) is 0 Å². The van der Waals surface area contributed by atoms with E-state index in [9.17, 15) is 9.90 Å². The summed E-state index contributed by atoms with van der Waals surface area (Å²) in [4.78, 5) is 12.1. The van der Waals surface area contributed by atoms with Crippen molar-refractivity contribution in [2.75, 3.05) is 7.11 Å². The quantitative estimate of drug-likeness (QED) is 0.843. The monoisotopic (exact) mass is 243 g/mol. The first kappa shape index (κ1) is 13.8. The second-order valence-electron chi connectivity index (χ2n) is 3.58. The van der Waals surface area contributed by atoms with Crippen LogP contribution in [-0.4, -0.2) is 18.0 Å². The standard InChI is InChI=1S/C14H12O3.CH3/c1-17-11-7-8-12(13(15)9-11)14(16)10-5-3-2-4-6-10;/h2-9,15H,1H3;1H3. The maximum absolute atomic E-state index is 12.1. The van der Waals surface area contributed by atoms with Crippen LogP contribution in [-0.2, 0) is 0 Å². The van der Waals surface area contributed by atoms with Crippen molar-refractivity contribution in [3.05, 3.63) is 67.1 Å². The Morgan fingerprint density at radius 1 is 1.11 bits per heavy atom. The van der Waals surface area contributed by atoms with E-state index in [0.717, 1.165) is 0 Å². The van der Waals surface area contributed by atoms with Gasteiger partial charge in [-0.3, -0.25) is 4.79 Å². The first-order chi connectivity index (χ1) is 8.22. The van der Waals surface area contributed by atoms with Crippen molar-refractivity contribution < 1.29 is 14.6 Å². The third-order valence-corrected chi connectivity index (χ3v) is 2.49. The minimum Gasteiger partial charge on any atom is -0.507 e. The van der Waals surface area contributed by atoms with E-state index in [1.54, 1.807) is 36.4 Å². The second-order valence-corrected chi connectivity index (χ2v) is 3.58. The van der Waals surface area contributed by atoms with Crippen LogP contribution in [0.15, 0.2) is 48.5 Å². The third kappa shape index (κ3) is 2.69. The molecule has 0 aliphatic heterocycles. The number of ketones is 1. The zero-order chi connectivity index (χ0) is 12.3. The number of methoxy groups -OCH3 is 1. The molecule has 1 radical (unpaired) electrons. The topological polar surface area (TPSA) is 46.5 Å². The number of aromatic hydroxyl groups is 1. The summed E-state index contributed by atoms with van der Waals surface area (Å²) >= 11 is 0. The lowest BCUT2D eigenvalue weighted by Gasteiger charge is -2.06. The van der Waals surface area contributed by atoms with Crippen LogP contribution in [0.2, 0.25) is 0 Å². The lowest BCUT2D eigenvalue weighted by molar-refractivity contribution is 0.103. The van der Waals surface area contributed by atoms with E-state index >= 15 is 0 Å². The van der Waals surface area contributed by atoms with Gasteiger partial charge in [-0.15, -0.1) is 0 Å². The van der Waals surface area contributed by atoms with Crippen LogP contribution >= 0.6 is 0 Å². The highest BCUT2D eigenvalue weighted by molar-refractivity contribution is 6.10. The van der Waals surface area contributed by atoms with Crippen LogP contribution in [0.25, 0.3) is 0 Å². The van der Waals surface area contributed by atoms with E-state index in [1.165, 1.54) is 13.2 Å². The Kier molecular flexibility index (Phi) is 4.49. The zero-order valence-electron chi connectivity index (χ0n) is 10.4. The lowest BCUT2D eigenvalue weighted by Crippen LogP contribution is -2.01. The molecule has 2 aromatic carbocycles. The fourth-order valence-corrected chi connectivity index (χ4v) is 1.58. The van der Waals surface area contributed by atoms with Crippen LogP contribution < -0.4 is 4.74 Å². The Morgan fingerprint density at radius 2 is 1.78 bits per heavy atom. The molecule has 0 spiro atoms. The summed E-state index contributed by atoms with van der Waals surface area (Å²) in [6.45, 7) is 0. The molecule has 0 aliphatic carbocycles. The van der Waals surface area contributed by atoms with Gasteiger partial charge in [-0.05, 0) is 12.1 Å². The maximum atomic E-state index is 12.1. The van der Waals surface area contributed by atoms with Gasteiger partial charge in [0.05, 0.1) is 12.7 Å². The predicted octanol–water partition coefficient (Wildman–Crippen LogP) is 3.08. The van der Waals surface area contributed by atoms with Crippen LogP contribution in [0, 0.1) is 7.43 Å². The van der Waals surface area contributed by atoms with Gasteiger partial charge in [-0.25, -0.2) is 0 Å². The van der Waals surface area contributed by atoms with E-state index in [1.807, 2.05) is 6.07 Å². The van der Waals surface area contributed by atoms with E-state index < -0.39 is 0 Å². The van der Waals surface area contributed by atoms with Crippen molar-refractivity contribution in [1.29, 1.82) is 0 Å². The SMILES string of the molecule is COc1ccc(C(=O)c2ccccc2)c(O)c1.[CH3]. The van der Waals surface area contributed by atoms with E-state index in [4.69, 9.17) is 4.74 Å². The van der Waals surface area contributed by atoms with Gasteiger partial charge < -0.3 is 9.84 Å². The van der Waals surface area contributed by atoms with Crippen molar-refractivity contribution in [1.82, 2.24) is 0 Å². The molecule has 3 nitrogen and oxygen atoms in total. The number of ether oxygens (including phenoxy) is 1. The van der Waals surface area contributed by atoms with Gasteiger partial charge in [0.1, 0.15) is 11.5 Å². The molecule has 18 heavy (non-hydrogen) atoms. The average molecular weight is 243 g/mol. The number of carbonyl (C=O) groups is 1. The number of carbonyl (C=O) groups excluding carboxylic acids is 1. The molecule has 0 saturated heterocycles. The summed E-state index contributed by atoms with van der Waals surface area (Å²) in [5, 5.41) is 9.75. The Bertz CT molecular complexity index is 533. The minimum atomic E-state index is -0.203. The van der Waals surface area contributed by atoms with Gasteiger partial charge in [0, 0.05) is 11.6 Å². The third-order valence-electron chi connectivity index (χ3n) is 2.49. The zero-order valence-corrected chi connectivity index (χ0v) is 10.4. The molecule has 93 valence electrons. The molecule has 0 unspecified atom stereocenters. The lowest BCUT2D eigenvalue weighted by atomic mass is 10.0. The van der Waals surface area contributed by atoms with Crippen molar-refractivity contribution in [2.24, 2.45) is 0 Å². The predicted molar refractivity (Wildman–Crippen MR) is 70.9 cm³/mol. The van der Waals surface area contributed by atoms with Crippen molar-refractivity contribution in [2.45, 2.75) is 0 Å². The first-order valence-corrected chi connectivity index (χ1v) is 5.19. The highest BCUT2D eigenvalue weighted by Gasteiger charge is 2.13. The van der Waals surface area contributed by atoms with Crippen molar-refractivity contribution in [3.8, 4) is 11.5 Å². The molecule has 0 aromatic heterocycles. The number of hydrogen-bond donors (Lipinski definition) is 1. The Labute approximate surface area is 107 Å². The van der Waals surface area contributed by atoms with Gasteiger partial charge in [0.25, 0.3) is 0 Å². The Balaban J connectivity index is 0.00000162. The molecule has 0 saturated carbocycles. The van der Waals surface area contributed by atoms with Gasteiger partial charge in [0.2, 0.25) is 0 Å². The van der Waals surface area contributed by atoms with Crippen LogP contribution in [0.3, 0.4) is 0 Å². The normalized spacial score (nSPS) is 9.39. The Hall–Kier alpha value is -2.29. The summed E-state index contributed by atoms with van der Waals surface area (Å²) in [7, 11) is 1.51. The van der Waals surface area contributed by atoms with Gasteiger partial charge >= 0.3 is 0 Å². The molecule has 0 atom stereocenters. The summed E-state index contributed by atoms with van der Waals surface area (Å²) in [5.74, 6) is 0.246. The molecule has 0 fully saturated rings. The summed E-state index contributed by atoms with van der Waals surface area (Å²) in [5.41, 5.74) is 0.824. The van der Waals surface area contributed by atoms with Crippen LogP contribution in [0.5, 0.6) is 11.5 Å². The molecule has 2 aromatic rings. The molecular weight excluding hydrogens is 228 g/mol. The molecule has 0 bridgehead atoms. The first-order valence-electron chi connectivity index (χ1n) is 5.19. The summed E-state index contributed by atoms with van der Waals surface area (Å²) in [6, 6.07) is 13.5. The van der Waals surface area contributed by atoms with Crippen LogP contribution in [0.1, 0.15) is 15.9 Å². The summed E-state index contributed by atoms with van der Waals surface area (Å²) < 4.78 is 4.96. The fraction of sp³-hybridized carbons (Fsp3) is 0.0667. The molecule has 0 amide bonds. The number of hydrogen-bond acceptors (Lipinski definition) is 3. The van der Waals surface area contributed by atoms with Crippen LogP contribution in [0.4, 0.5) is 0 Å². The fourth-order valence-electron chi connectivity index (χ4n) is 1.58. The number of phenolic OH excluding ortho intramolecular Hbond substituents is 1. The number of rotatable bonds is 3. The molecule has 0 aliphatic rings. The minimum absolute atomic E-state index is 0. The molecule has 1 N–H and O–H groups in total. The molecular formula is C15H15O3. The number of benzene rings is 2. The van der Waals surface area contributed by atoms with Gasteiger partial charge in [0.15, 0.2) is 5.78 Å². The number of phenols is 1. The maximum Gasteiger partial charge on any atom is 0.196 e. The average Bonchev–Trinajstić information content (AvgIpc) is 2.39. The summed E-state index contributed by atoms with van der Waals surface area (Å²) in [6.07, 6.45) is 0.